The first kappa shape index (κ1) is 16.4. The molecular formula is C14H19NO4S. The molecule has 20 heavy (non-hydrogen) atoms. The second-order valence-electron chi connectivity index (χ2n) is 5.09. The smallest absolute Gasteiger partial charge is 0.339 e. The Bertz CT molecular complexity index is 508. The number of nitrogens with two attached hydrogens (primary N) is 1. The van der Waals surface area contributed by atoms with Gasteiger partial charge >= 0.3 is 11.9 Å². The average molecular weight is 297 g/mol. The van der Waals surface area contributed by atoms with E-state index < -0.39 is 11.6 Å². The molecule has 0 unspecified atom stereocenters. The van der Waals surface area contributed by atoms with Gasteiger partial charge in [0.25, 0.3) is 0 Å². The van der Waals surface area contributed by atoms with Crippen LogP contribution in [-0.4, -0.2) is 30.4 Å². The summed E-state index contributed by atoms with van der Waals surface area (Å²) in [7, 11) is 1.30. The molecule has 0 aliphatic carbocycles. The maximum absolute atomic E-state index is 11.7. The maximum Gasteiger partial charge on any atom is 0.339 e. The molecule has 0 radical (unpaired) electrons. The van der Waals surface area contributed by atoms with Gasteiger partial charge in [0.2, 0.25) is 0 Å². The van der Waals surface area contributed by atoms with E-state index in [-0.39, 0.29) is 11.7 Å². The van der Waals surface area contributed by atoms with Crippen molar-refractivity contribution in [2.24, 2.45) is 0 Å². The molecule has 0 fully saturated rings. The summed E-state index contributed by atoms with van der Waals surface area (Å²) in [4.78, 5) is 23.9. The maximum atomic E-state index is 11.7. The topological polar surface area (TPSA) is 78.6 Å². The molecule has 2 N–H and O–H groups in total. The molecule has 0 aliphatic rings. The quantitative estimate of drug-likeness (QED) is 0.522. The van der Waals surface area contributed by atoms with Gasteiger partial charge in [0.1, 0.15) is 5.60 Å². The van der Waals surface area contributed by atoms with Gasteiger partial charge in [-0.2, -0.15) is 0 Å². The molecule has 0 heterocycles. The normalized spacial score (nSPS) is 11.0. The fraction of sp³-hybridized carbons (Fsp3) is 0.429. The van der Waals surface area contributed by atoms with Crippen LogP contribution in [0.15, 0.2) is 23.1 Å². The third-order valence-corrected chi connectivity index (χ3v) is 3.33. The molecule has 5 nitrogen and oxygen atoms in total. The number of nitrogen functional groups attached to an aromatic ring is 1. The van der Waals surface area contributed by atoms with E-state index in [4.69, 9.17) is 15.2 Å². The van der Waals surface area contributed by atoms with Crippen LogP contribution in [-0.2, 0) is 14.3 Å². The Morgan fingerprint density at radius 3 is 2.50 bits per heavy atom. The van der Waals surface area contributed by atoms with Crippen molar-refractivity contribution >= 4 is 29.4 Å². The molecule has 1 aromatic carbocycles. The van der Waals surface area contributed by atoms with E-state index in [1.54, 1.807) is 39.0 Å². The number of benzene rings is 1. The van der Waals surface area contributed by atoms with Crippen LogP contribution >= 0.6 is 11.8 Å². The van der Waals surface area contributed by atoms with Crippen molar-refractivity contribution in [1.29, 1.82) is 0 Å². The van der Waals surface area contributed by atoms with E-state index >= 15 is 0 Å². The second-order valence-corrected chi connectivity index (χ2v) is 6.08. The second kappa shape index (κ2) is 6.65. The highest BCUT2D eigenvalue weighted by Gasteiger charge is 2.19. The van der Waals surface area contributed by atoms with Crippen LogP contribution in [0.4, 0.5) is 5.69 Å². The Hall–Kier alpha value is -1.69. The number of ether oxygens (including phenoxy) is 2. The number of methoxy groups -OCH3 is 1. The molecule has 0 saturated carbocycles. The molecule has 0 saturated heterocycles. The standard InChI is InChI=1S/C14H19NO4S/c1-14(2,3)19-11(16)8-20-12-9(13(17)18-4)6-5-7-10(12)15/h5-7H,8,15H2,1-4H3. The Balaban J connectivity index is 2.82. The molecule has 1 rings (SSSR count). The average Bonchev–Trinajstić information content (AvgIpc) is 2.34. The first-order chi connectivity index (χ1) is 9.24. The number of hydrogen-bond acceptors (Lipinski definition) is 6. The number of carbonyl (C=O) groups excluding carboxylic acids is 2. The Morgan fingerprint density at radius 1 is 1.30 bits per heavy atom. The molecule has 0 atom stereocenters. The van der Waals surface area contributed by atoms with Gasteiger partial charge < -0.3 is 15.2 Å². The van der Waals surface area contributed by atoms with Crippen LogP contribution in [0.2, 0.25) is 0 Å². The zero-order valence-corrected chi connectivity index (χ0v) is 12.9. The van der Waals surface area contributed by atoms with Crippen molar-refractivity contribution in [2.75, 3.05) is 18.6 Å². The third-order valence-electron chi connectivity index (χ3n) is 2.21. The van der Waals surface area contributed by atoms with E-state index in [1.165, 1.54) is 18.9 Å². The molecule has 0 amide bonds. The highest BCUT2D eigenvalue weighted by molar-refractivity contribution is 8.00. The van der Waals surface area contributed by atoms with Crippen molar-refractivity contribution in [1.82, 2.24) is 0 Å². The zero-order chi connectivity index (χ0) is 15.3. The fourth-order valence-corrected chi connectivity index (χ4v) is 2.35. The highest BCUT2D eigenvalue weighted by Crippen LogP contribution is 2.30. The number of esters is 2. The largest absolute Gasteiger partial charge is 0.465 e. The van der Waals surface area contributed by atoms with Gasteiger partial charge in [-0.05, 0) is 32.9 Å². The summed E-state index contributed by atoms with van der Waals surface area (Å²) < 4.78 is 9.90. The number of hydrogen-bond donors (Lipinski definition) is 1. The van der Waals surface area contributed by atoms with Crippen molar-refractivity contribution in [3.8, 4) is 0 Å². The monoisotopic (exact) mass is 297 g/mol. The number of anilines is 1. The predicted molar refractivity (Wildman–Crippen MR) is 78.8 cm³/mol. The molecular weight excluding hydrogens is 278 g/mol. The van der Waals surface area contributed by atoms with E-state index in [0.717, 1.165) is 0 Å². The third kappa shape index (κ3) is 4.77. The molecule has 0 aromatic heterocycles. The Labute approximate surface area is 122 Å². The van der Waals surface area contributed by atoms with Gasteiger partial charge in [-0.1, -0.05) is 6.07 Å². The summed E-state index contributed by atoms with van der Waals surface area (Å²) in [6.07, 6.45) is 0. The summed E-state index contributed by atoms with van der Waals surface area (Å²) in [6.45, 7) is 5.39. The van der Waals surface area contributed by atoms with Crippen molar-refractivity contribution in [2.45, 2.75) is 31.3 Å². The van der Waals surface area contributed by atoms with Gasteiger partial charge in [-0.15, -0.1) is 11.8 Å². The fourth-order valence-electron chi connectivity index (χ4n) is 1.49. The van der Waals surface area contributed by atoms with Gasteiger partial charge in [-0.3, -0.25) is 4.79 Å². The number of thioether (sulfide) groups is 1. The first-order valence-corrected chi connectivity index (χ1v) is 7.04. The minimum atomic E-state index is -0.537. The minimum absolute atomic E-state index is 0.0788. The van der Waals surface area contributed by atoms with E-state index in [1.807, 2.05) is 0 Å². The number of carbonyl (C=O) groups is 2. The SMILES string of the molecule is COC(=O)c1cccc(N)c1SCC(=O)OC(C)(C)C. The lowest BCUT2D eigenvalue weighted by Crippen LogP contribution is -2.25. The van der Waals surface area contributed by atoms with Crippen LogP contribution < -0.4 is 5.73 Å². The summed E-state index contributed by atoms with van der Waals surface area (Å²) in [6, 6.07) is 4.95. The summed E-state index contributed by atoms with van der Waals surface area (Å²) in [5.41, 5.74) is 6.09. The molecule has 0 spiro atoms. The lowest BCUT2D eigenvalue weighted by molar-refractivity contribution is -0.151. The van der Waals surface area contributed by atoms with Gasteiger partial charge in [0.05, 0.1) is 18.4 Å². The molecule has 6 heteroatoms. The van der Waals surface area contributed by atoms with Gasteiger partial charge in [0, 0.05) is 10.6 Å². The number of rotatable bonds is 4. The lowest BCUT2D eigenvalue weighted by Gasteiger charge is -2.19. The zero-order valence-electron chi connectivity index (χ0n) is 12.1. The van der Waals surface area contributed by atoms with Crippen LogP contribution in [0.5, 0.6) is 0 Å². The van der Waals surface area contributed by atoms with Gasteiger partial charge in [0.15, 0.2) is 0 Å². The molecule has 110 valence electrons. The molecule has 1 aromatic rings. The van der Waals surface area contributed by atoms with E-state index in [0.29, 0.717) is 16.1 Å². The lowest BCUT2D eigenvalue weighted by atomic mass is 10.2. The van der Waals surface area contributed by atoms with Crippen LogP contribution in [0.1, 0.15) is 31.1 Å². The Morgan fingerprint density at radius 2 is 1.95 bits per heavy atom. The van der Waals surface area contributed by atoms with Crippen molar-refractivity contribution < 1.29 is 19.1 Å². The molecule has 0 aliphatic heterocycles. The van der Waals surface area contributed by atoms with Crippen LogP contribution in [0, 0.1) is 0 Å². The summed E-state index contributed by atoms with van der Waals surface area (Å²) in [5.74, 6) is -0.763. The minimum Gasteiger partial charge on any atom is -0.465 e. The van der Waals surface area contributed by atoms with Gasteiger partial charge in [-0.25, -0.2) is 4.79 Å². The summed E-state index contributed by atoms with van der Waals surface area (Å²) >= 11 is 1.17. The highest BCUT2D eigenvalue weighted by atomic mass is 32.2. The van der Waals surface area contributed by atoms with Crippen LogP contribution in [0.25, 0.3) is 0 Å². The first-order valence-electron chi connectivity index (χ1n) is 6.06. The predicted octanol–water partition coefficient (Wildman–Crippen LogP) is 2.49. The van der Waals surface area contributed by atoms with E-state index in [2.05, 4.69) is 0 Å². The van der Waals surface area contributed by atoms with Crippen molar-refractivity contribution in [3.05, 3.63) is 23.8 Å². The molecule has 0 bridgehead atoms. The van der Waals surface area contributed by atoms with E-state index in [9.17, 15) is 9.59 Å². The Kier molecular flexibility index (Phi) is 5.44. The summed E-state index contributed by atoms with van der Waals surface area (Å²) in [5, 5.41) is 0. The van der Waals surface area contributed by atoms with Crippen molar-refractivity contribution in [3.63, 3.8) is 0 Å². The van der Waals surface area contributed by atoms with Crippen LogP contribution in [0.3, 0.4) is 0 Å².